The van der Waals surface area contributed by atoms with Crippen molar-refractivity contribution in [2.45, 2.75) is 51.9 Å². The van der Waals surface area contributed by atoms with Gasteiger partial charge in [-0.05, 0) is 39.9 Å². The van der Waals surface area contributed by atoms with E-state index in [9.17, 15) is 0 Å². The normalized spacial score (nSPS) is 22.7. The lowest BCUT2D eigenvalue weighted by molar-refractivity contribution is 0.0846. The lowest BCUT2D eigenvalue weighted by atomic mass is 9.97. The molecule has 21 heavy (non-hydrogen) atoms. The standard InChI is InChI=1S/C13H25N5O.2ClH/c1-4-18-6-5-11(7-10(18)2)17(3)9-12-15-13(8-14)19-16-12;;/h10-11H,4-9,14H2,1-3H3;2*1H. The van der Waals surface area contributed by atoms with Gasteiger partial charge in [0.1, 0.15) is 0 Å². The summed E-state index contributed by atoms with van der Waals surface area (Å²) in [5, 5.41) is 3.95. The zero-order valence-corrected chi connectivity index (χ0v) is 14.6. The van der Waals surface area contributed by atoms with Crippen LogP contribution >= 0.6 is 24.8 Å². The first-order chi connectivity index (χ1) is 9.13. The highest BCUT2D eigenvalue weighted by atomic mass is 35.5. The van der Waals surface area contributed by atoms with Crippen LogP contribution in [-0.4, -0.2) is 52.2 Å². The van der Waals surface area contributed by atoms with E-state index in [-0.39, 0.29) is 24.8 Å². The van der Waals surface area contributed by atoms with Crippen LogP contribution < -0.4 is 5.73 Å². The fraction of sp³-hybridized carbons (Fsp3) is 0.846. The molecular weight excluding hydrogens is 313 g/mol. The van der Waals surface area contributed by atoms with Crippen LogP contribution in [-0.2, 0) is 13.1 Å². The van der Waals surface area contributed by atoms with Crippen molar-refractivity contribution in [3.05, 3.63) is 11.7 Å². The maximum Gasteiger partial charge on any atom is 0.240 e. The minimum atomic E-state index is 0. The molecule has 0 saturated carbocycles. The number of aromatic nitrogens is 2. The van der Waals surface area contributed by atoms with E-state index in [0.29, 0.717) is 24.5 Å². The van der Waals surface area contributed by atoms with Gasteiger partial charge in [-0.3, -0.25) is 4.90 Å². The van der Waals surface area contributed by atoms with Crippen molar-refractivity contribution in [2.75, 3.05) is 20.1 Å². The van der Waals surface area contributed by atoms with Crippen LogP contribution in [0.5, 0.6) is 0 Å². The van der Waals surface area contributed by atoms with E-state index in [2.05, 4.69) is 40.8 Å². The van der Waals surface area contributed by atoms with Crippen LogP contribution in [0, 0.1) is 0 Å². The van der Waals surface area contributed by atoms with Gasteiger partial charge >= 0.3 is 0 Å². The Labute approximate surface area is 139 Å². The number of halogens is 2. The Morgan fingerprint density at radius 3 is 2.67 bits per heavy atom. The zero-order chi connectivity index (χ0) is 13.8. The average molecular weight is 340 g/mol. The highest BCUT2D eigenvalue weighted by molar-refractivity contribution is 5.85. The monoisotopic (exact) mass is 339 g/mol. The van der Waals surface area contributed by atoms with Crippen molar-refractivity contribution in [1.82, 2.24) is 19.9 Å². The van der Waals surface area contributed by atoms with Gasteiger partial charge in [0.2, 0.25) is 5.89 Å². The third kappa shape index (κ3) is 5.38. The molecule has 0 aromatic carbocycles. The molecule has 2 unspecified atom stereocenters. The first-order valence-corrected chi connectivity index (χ1v) is 7.09. The van der Waals surface area contributed by atoms with Crippen molar-refractivity contribution in [2.24, 2.45) is 5.73 Å². The van der Waals surface area contributed by atoms with E-state index in [1.807, 2.05) is 0 Å². The van der Waals surface area contributed by atoms with Crippen molar-refractivity contribution < 1.29 is 4.52 Å². The first kappa shape index (κ1) is 20.6. The second-order valence-corrected chi connectivity index (χ2v) is 5.38. The summed E-state index contributed by atoms with van der Waals surface area (Å²) in [6.45, 7) is 7.89. The highest BCUT2D eigenvalue weighted by Crippen LogP contribution is 2.21. The fourth-order valence-corrected chi connectivity index (χ4v) is 2.86. The van der Waals surface area contributed by atoms with Gasteiger partial charge in [0, 0.05) is 12.1 Å². The van der Waals surface area contributed by atoms with Crippen molar-refractivity contribution >= 4 is 24.8 Å². The molecule has 0 amide bonds. The van der Waals surface area contributed by atoms with Crippen molar-refractivity contribution in [3.63, 3.8) is 0 Å². The predicted octanol–water partition coefficient (Wildman–Crippen LogP) is 1.68. The molecule has 0 bridgehead atoms. The number of nitrogens with two attached hydrogens (primary N) is 1. The van der Waals surface area contributed by atoms with Crippen LogP contribution in [0.2, 0.25) is 0 Å². The molecule has 2 atom stereocenters. The SMILES string of the molecule is CCN1CCC(N(C)Cc2noc(CN)n2)CC1C.Cl.Cl. The Morgan fingerprint density at radius 2 is 2.14 bits per heavy atom. The summed E-state index contributed by atoms with van der Waals surface area (Å²) in [6.07, 6.45) is 2.40. The smallest absolute Gasteiger partial charge is 0.240 e. The van der Waals surface area contributed by atoms with Crippen molar-refractivity contribution in [3.8, 4) is 0 Å². The van der Waals surface area contributed by atoms with Crippen LogP contribution in [0.25, 0.3) is 0 Å². The Morgan fingerprint density at radius 1 is 1.43 bits per heavy atom. The fourth-order valence-electron chi connectivity index (χ4n) is 2.86. The molecule has 1 aliphatic rings. The molecule has 6 nitrogen and oxygen atoms in total. The number of hydrogen-bond acceptors (Lipinski definition) is 6. The molecule has 0 aliphatic carbocycles. The lowest BCUT2D eigenvalue weighted by Gasteiger charge is -2.40. The average Bonchev–Trinajstić information content (AvgIpc) is 2.86. The first-order valence-electron chi connectivity index (χ1n) is 7.09. The predicted molar refractivity (Wildman–Crippen MR) is 87.9 cm³/mol. The molecule has 2 N–H and O–H groups in total. The molecule has 0 spiro atoms. The van der Waals surface area contributed by atoms with E-state index >= 15 is 0 Å². The summed E-state index contributed by atoms with van der Waals surface area (Å²) in [4.78, 5) is 9.12. The van der Waals surface area contributed by atoms with Crippen LogP contribution in [0.4, 0.5) is 0 Å². The summed E-state index contributed by atoms with van der Waals surface area (Å²) in [5.74, 6) is 1.24. The molecule has 2 heterocycles. The molecule has 124 valence electrons. The molecule has 1 saturated heterocycles. The highest BCUT2D eigenvalue weighted by Gasteiger charge is 2.27. The molecule has 1 aromatic rings. The van der Waals surface area contributed by atoms with Crippen LogP contribution in [0.15, 0.2) is 4.52 Å². The molecule has 1 aliphatic heterocycles. The number of likely N-dealkylation sites (tertiary alicyclic amines) is 1. The van der Waals surface area contributed by atoms with Crippen LogP contribution in [0.3, 0.4) is 0 Å². The summed E-state index contributed by atoms with van der Waals surface area (Å²) >= 11 is 0. The Bertz CT molecular complexity index is 404. The van der Waals surface area contributed by atoms with Gasteiger partial charge in [0.05, 0.1) is 13.1 Å². The number of nitrogens with zero attached hydrogens (tertiary/aromatic N) is 4. The van der Waals surface area contributed by atoms with E-state index in [4.69, 9.17) is 10.3 Å². The Hall–Kier alpha value is -0.400. The summed E-state index contributed by atoms with van der Waals surface area (Å²) in [7, 11) is 2.14. The van der Waals surface area contributed by atoms with Gasteiger partial charge in [-0.2, -0.15) is 4.98 Å². The van der Waals surface area contributed by atoms with Crippen LogP contribution in [0.1, 0.15) is 38.4 Å². The molecule has 8 heteroatoms. The van der Waals surface area contributed by atoms with E-state index in [0.717, 1.165) is 18.9 Å². The maximum absolute atomic E-state index is 5.47. The molecule has 0 radical (unpaired) electrons. The molecule has 1 aromatic heterocycles. The van der Waals surface area contributed by atoms with E-state index in [1.54, 1.807) is 0 Å². The van der Waals surface area contributed by atoms with Gasteiger partial charge in [-0.15, -0.1) is 24.8 Å². The Kier molecular flexibility index (Phi) is 9.40. The Balaban J connectivity index is 0.00000200. The summed E-state index contributed by atoms with van der Waals surface area (Å²) < 4.78 is 5.04. The van der Waals surface area contributed by atoms with Gasteiger partial charge in [-0.1, -0.05) is 12.1 Å². The summed E-state index contributed by atoms with van der Waals surface area (Å²) in [6, 6.07) is 1.24. The minimum absolute atomic E-state index is 0. The molecular formula is C13H27Cl2N5O. The van der Waals surface area contributed by atoms with E-state index in [1.165, 1.54) is 19.4 Å². The van der Waals surface area contributed by atoms with Crippen molar-refractivity contribution in [1.29, 1.82) is 0 Å². The number of rotatable bonds is 5. The largest absolute Gasteiger partial charge is 0.338 e. The zero-order valence-electron chi connectivity index (χ0n) is 13.0. The third-order valence-corrected chi connectivity index (χ3v) is 4.09. The second-order valence-electron chi connectivity index (χ2n) is 5.38. The van der Waals surface area contributed by atoms with E-state index < -0.39 is 0 Å². The quantitative estimate of drug-likeness (QED) is 0.879. The number of piperidine rings is 1. The van der Waals surface area contributed by atoms with Gasteiger partial charge < -0.3 is 15.2 Å². The lowest BCUT2D eigenvalue weighted by Crippen LogP contribution is -2.47. The summed E-state index contributed by atoms with van der Waals surface area (Å²) in [5.41, 5.74) is 5.47. The molecule has 2 rings (SSSR count). The minimum Gasteiger partial charge on any atom is -0.338 e. The van der Waals surface area contributed by atoms with Gasteiger partial charge in [0.15, 0.2) is 5.82 Å². The maximum atomic E-state index is 5.47. The van der Waals surface area contributed by atoms with Gasteiger partial charge in [-0.25, -0.2) is 0 Å². The topological polar surface area (TPSA) is 71.4 Å². The van der Waals surface area contributed by atoms with Gasteiger partial charge in [0.25, 0.3) is 0 Å². The molecule has 1 fully saturated rings. The number of hydrogen-bond donors (Lipinski definition) is 1. The third-order valence-electron chi connectivity index (χ3n) is 4.09. The second kappa shape index (κ2) is 9.58.